The lowest BCUT2D eigenvalue weighted by atomic mass is 9.96. The minimum Gasteiger partial charge on any atom is -0.278 e. The number of rotatable bonds is 3. The lowest BCUT2D eigenvalue weighted by Crippen LogP contribution is -2.04. The zero-order valence-corrected chi connectivity index (χ0v) is 9.12. The van der Waals surface area contributed by atoms with Crippen molar-refractivity contribution in [3.05, 3.63) is 35.4 Å². The Morgan fingerprint density at radius 2 is 1.79 bits per heavy atom. The van der Waals surface area contributed by atoms with Crippen molar-refractivity contribution in [1.82, 2.24) is 0 Å². The minimum atomic E-state index is 0.0242. The van der Waals surface area contributed by atoms with Gasteiger partial charge in [0.25, 0.3) is 0 Å². The molecule has 1 aliphatic heterocycles. The molecule has 1 heteroatoms. The number of aliphatic imine (C=N–C) groups is 1. The van der Waals surface area contributed by atoms with Crippen LogP contribution in [0, 0.1) is 5.92 Å². The fraction of sp³-hybridized carbons (Fsp3) is 0.462. The first-order chi connectivity index (χ1) is 6.60. The molecule has 1 heterocycles. The highest BCUT2D eigenvalue weighted by molar-refractivity contribution is 5.85. The Labute approximate surface area is 85.9 Å². The van der Waals surface area contributed by atoms with Crippen molar-refractivity contribution < 1.29 is 0 Å². The topological polar surface area (TPSA) is 12.4 Å². The number of benzene rings is 1. The summed E-state index contributed by atoms with van der Waals surface area (Å²) in [5.41, 5.74) is 2.76. The maximum atomic E-state index is 4.27. The van der Waals surface area contributed by atoms with Gasteiger partial charge in [-0.25, -0.2) is 0 Å². The van der Waals surface area contributed by atoms with Gasteiger partial charge in [-0.3, -0.25) is 4.99 Å². The van der Waals surface area contributed by atoms with Gasteiger partial charge >= 0.3 is 0 Å². The Morgan fingerprint density at radius 1 is 1.21 bits per heavy atom. The molecule has 0 N–H and O–H groups in total. The van der Waals surface area contributed by atoms with Gasteiger partial charge < -0.3 is 0 Å². The summed E-state index contributed by atoms with van der Waals surface area (Å²) in [5, 5.41) is 0. The molecule has 2 rings (SSSR count). The van der Waals surface area contributed by atoms with E-state index < -0.39 is 0 Å². The molecule has 14 heavy (non-hydrogen) atoms. The number of hydrogen-bond acceptors (Lipinski definition) is 1. The number of nitrogens with zero attached hydrogens (tertiary/aromatic N) is 1. The molecule has 0 bridgehead atoms. The van der Waals surface area contributed by atoms with Crippen LogP contribution in [0.3, 0.4) is 0 Å². The van der Waals surface area contributed by atoms with Gasteiger partial charge in [0.05, 0.1) is 0 Å². The molecular formula is C13H17N. The highest BCUT2D eigenvalue weighted by Crippen LogP contribution is 2.32. The van der Waals surface area contributed by atoms with Crippen molar-refractivity contribution in [2.24, 2.45) is 10.9 Å². The molecule has 0 aliphatic carbocycles. The Kier molecular flexibility index (Phi) is 2.18. The molecule has 1 atom stereocenters. The van der Waals surface area contributed by atoms with Gasteiger partial charge in [0.2, 0.25) is 0 Å². The van der Waals surface area contributed by atoms with Crippen LogP contribution in [0.1, 0.15) is 31.9 Å². The van der Waals surface area contributed by atoms with E-state index in [9.17, 15) is 0 Å². The van der Waals surface area contributed by atoms with Crippen LogP contribution in [0.4, 0.5) is 0 Å². The molecule has 0 spiro atoms. The standard InChI is InChI=1S/C13H17N/c1-10(2)8-11-4-6-12(7-5-11)13(3)9-14-13/h4-7,9-10H,8H2,1-3H3. The Balaban J connectivity index is 2.10. The third-order valence-electron chi connectivity index (χ3n) is 2.70. The maximum Gasteiger partial charge on any atom is 0.117 e. The first-order valence-corrected chi connectivity index (χ1v) is 5.26. The molecular weight excluding hydrogens is 170 g/mol. The van der Waals surface area contributed by atoms with Crippen molar-refractivity contribution in [3.8, 4) is 0 Å². The van der Waals surface area contributed by atoms with Crippen LogP contribution in [0.15, 0.2) is 29.3 Å². The summed E-state index contributed by atoms with van der Waals surface area (Å²) in [6, 6.07) is 8.85. The summed E-state index contributed by atoms with van der Waals surface area (Å²) >= 11 is 0. The molecule has 1 nitrogen and oxygen atoms in total. The lowest BCUT2D eigenvalue weighted by molar-refractivity contribution is 0.646. The third-order valence-corrected chi connectivity index (χ3v) is 2.70. The van der Waals surface area contributed by atoms with Crippen molar-refractivity contribution in [2.75, 3.05) is 0 Å². The molecule has 0 saturated carbocycles. The summed E-state index contributed by atoms with van der Waals surface area (Å²) in [6.07, 6.45) is 3.17. The molecule has 1 aromatic carbocycles. The zero-order chi connectivity index (χ0) is 10.2. The van der Waals surface area contributed by atoms with Crippen LogP contribution in [0.5, 0.6) is 0 Å². The SMILES string of the molecule is CC(C)Cc1ccc(C2(C)C=N2)cc1. The lowest BCUT2D eigenvalue weighted by Gasteiger charge is -2.09. The number of hydrogen-bond donors (Lipinski definition) is 0. The van der Waals surface area contributed by atoms with Gasteiger partial charge in [0.15, 0.2) is 0 Å². The van der Waals surface area contributed by atoms with E-state index in [4.69, 9.17) is 0 Å². The van der Waals surface area contributed by atoms with Crippen LogP contribution >= 0.6 is 0 Å². The van der Waals surface area contributed by atoms with Crippen LogP contribution in [-0.2, 0) is 12.0 Å². The van der Waals surface area contributed by atoms with E-state index in [1.807, 2.05) is 6.21 Å². The highest BCUT2D eigenvalue weighted by atomic mass is 15.0. The van der Waals surface area contributed by atoms with Gasteiger partial charge in [-0.1, -0.05) is 38.1 Å². The summed E-state index contributed by atoms with van der Waals surface area (Å²) in [7, 11) is 0. The van der Waals surface area contributed by atoms with E-state index in [-0.39, 0.29) is 5.54 Å². The molecule has 0 amide bonds. The second-order valence-corrected chi connectivity index (χ2v) is 4.70. The van der Waals surface area contributed by atoms with Crippen LogP contribution in [0.25, 0.3) is 0 Å². The Hall–Kier alpha value is -1.11. The summed E-state index contributed by atoms with van der Waals surface area (Å²) < 4.78 is 0. The van der Waals surface area contributed by atoms with Crippen molar-refractivity contribution >= 4 is 6.21 Å². The quantitative estimate of drug-likeness (QED) is 0.689. The average Bonchev–Trinajstić information content (AvgIpc) is 2.85. The van der Waals surface area contributed by atoms with E-state index in [1.54, 1.807) is 0 Å². The Bertz CT molecular complexity index is 340. The molecule has 0 fully saturated rings. The minimum absolute atomic E-state index is 0.0242. The molecule has 1 aliphatic rings. The van der Waals surface area contributed by atoms with Gasteiger partial charge in [-0.15, -0.1) is 0 Å². The smallest absolute Gasteiger partial charge is 0.117 e. The first kappa shape index (κ1) is 9.45. The molecule has 1 unspecified atom stereocenters. The van der Waals surface area contributed by atoms with Crippen LogP contribution < -0.4 is 0 Å². The van der Waals surface area contributed by atoms with Gasteiger partial charge in [-0.05, 0) is 30.4 Å². The average molecular weight is 187 g/mol. The van der Waals surface area contributed by atoms with Crippen LogP contribution in [-0.4, -0.2) is 6.21 Å². The maximum absolute atomic E-state index is 4.27. The molecule has 0 saturated heterocycles. The van der Waals surface area contributed by atoms with Gasteiger partial charge in [0.1, 0.15) is 5.54 Å². The third kappa shape index (κ3) is 1.87. The molecule has 74 valence electrons. The fourth-order valence-electron chi connectivity index (χ4n) is 1.70. The van der Waals surface area contributed by atoms with Gasteiger partial charge in [0, 0.05) is 6.21 Å². The van der Waals surface area contributed by atoms with Crippen LogP contribution in [0.2, 0.25) is 0 Å². The second kappa shape index (κ2) is 3.23. The van der Waals surface area contributed by atoms with Crippen molar-refractivity contribution in [2.45, 2.75) is 32.7 Å². The van der Waals surface area contributed by atoms with E-state index in [0.717, 1.165) is 12.3 Å². The van der Waals surface area contributed by atoms with E-state index in [1.165, 1.54) is 11.1 Å². The second-order valence-electron chi connectivity index (χ2n) is 4.70. The predicted octanol–water partition coefficient (Wildman–Crippen LogP) is 3.18. The molecule has 0 radical (unpaired) electrons. The molecule has 1 aromatic rings. The monoisotopic (exact) mass is 187 g/mol. The van der Waals surface area contributed by atoms with Crippen molar-refractivity contribution in [1.29, 1.82) is 0 Å². The van der Waals surface area contributed by atoms with E-state index in [2.05, 4.69) is 50.0 Å². The summed E-state index contributed by atoms with van der Waals surface area (Å²) in [4.78, 5) is 4.27. The van der Waals surface area contributed by atoms with Crippen molar-refractivity contribution in [3.63, 3.8) is 0 Å². The Morgan fingerprint density at radius 3 is 2.21 bits per heavy atom. The molecule has 0 aromatic heterocycles. The zero-order valence-electron chi connectivity index (χ0n) is 9.12. The first-order valence-electron chi connectivity index (χ1n) is 5.26. The fourth-order valence-corrected chi connectivity index (χ4v) is 1.70. The highest BCUT2D eigenvalue weighted by Gasteiger charge is 2.32. The van der Waals surface area contributed by atoms with E-state index in [0.29, 0.717) is 0 Å². The summed E-state index contributed by atoms with van der Waals surface area (Å²) in [5.74, 6) is 0.730. The predicted molar refractivity (Wildman–Crippen MR) is 60.8 cm³/mol. The normalized spacial score (nSPS) is 24.3. The largest absolute Gasteiger partial charge is 0.278 e. The summed E-state index contributed by atoms with van der Waals surface area (Å²) in [6.45, 7) is 6.64. The van der Waals surface area contributed by atoms with Gasteiger partial charge in [-0.2, -0.15) is 0 Å². The van der Waals surface area contributed by atoms with E-state index >= 15 is 0 Å².